The number of urea groups is 1. The van der Waals surface area contributed by atoms with Crippen molar-refractivity contribution >= 4 is 28.6 Å². The number of carbonyl (C=O) groups is 1. The number of alkyl halides is 3. The minimum absolute atomic E-state index is 0.0231. The van der Waals surface area contributed by atoms with Crippen LogP contribution in [0.4, 0.5) is 23.7 Å². The van der Waals surface area contributed by atoms with E-state index >= 15 is 0 Å². The normalized spacial score (nSPS) is 15.1. The summed E-state index contributed by atoms with van der Waals surface area (Å²) < 4.78 is 42.7. The van der Waals surface area contributed by atoms with Gasteiger partial charge in [-0.05, 0) is 93.0 Å². The molecule has 0 bridgehead atoms. The number of halogens is 3. The van der Waals surface area contributed by atoms with Gasteiger partial charge in [0.05, 0.1) is 5.69 Å². The van der Waals surface area contributed by atoms with Crippen molar-refractivity contribution in [3.8, 4) is 22.8 Å². The van der Waals surface area contributed by atoms with Gasteiger partial charge < -0.3 is 15.0 Å². The van der Waals surface area contributed by atoms with Gasteiger partial charge in [0.15, 0.2) is 11.0 Å². The molecule has 2 heterocycles. The quantitative estimate of drug-likeness (QED) is 0.173. The molecule has 0 saturated carbocycles. The molecule has 248 valence electrons. The van der Waals surface area contributed by atoms with Crippen LogP contribution in [0, 0.1) is 6.92 Å². The van der Waals surface area contributed by atoms with Gasteiger partial charge in [-0.1, -0.05) is 61.5 Å². The summed E-state index contributed by atoms with van der Waals surface area (Å²) in [5, 5.41) is 8.28. The summed E-state index contributed by atoms with van der Waals surface area (Å²) in [6, 6.07) is 19.6. The number of aromatic nitrogens is 3. The number of thioether (sulfide) groups is 1. The molecular formula is C35H39F3N6O2S. The minimum Gasteiger partial charge on any atom is -0.406 e. The lowest BCUT2D eigenvalue weighted by Gasteiger charge is -2.31. The van der Waals surface area contributed by atoms with Crippen molar-refractivity contribution < 1.29 is 22.7 Å². The van der Waals surface area contributed by atoms with Crippen molar-refractivity contribution in [3.63, 3.8) is 0 Å². The number of ether oxygens (including phenoxy) is 1. The monoisotopic (exact) mass is 664 g/mol. The van der Waals surface area contributed by atoms with E-state index in [0.29, 0.717) is 11.5 Å². The Morgan fingerprint density at radius 3 is 2.57 bits per heavy atom. The predicted molar refractivity (Wildman–Crippen MR) is 181 cm³/mol. The number of aliphatic imine (C=N–C) groups is 1. The van der Waals surface area contributed by atoms with E-state index in [0.717, 1.165) is 72.8 Å². The molecule has 1 N–H and O–H groups in total. The number of amidine groups is 1. The van der Waals surface area contributed by atoms with E-state index in [4.69, 9.17) is 0 Å². The topological polar surface area (TPSA) is 84.6 Å². The fourth-order valence-corrected chi connectivity index (χ4v) is 6.39. The van der Waals surface area contributed by atoms with Gasteiger partial charge in [0.25, 0.3) is 0 Å². The molecule has 4 aromatic rings. The second kappa shape index (κ2) is 15.5. The van der Waals surface area contributed by atoms with Gasteiger partial charge in [0.1, 0.15) is 12.1 Å². The van der Waals surface area contributed by atoms with E-state index in [1.54, 1.807) is 11.8 Å². The van der Waals surface area contributed by atoms with Gasteiger partial charge in [-0.2, -0.15) is 4.99 Å². The molecule has 0 aliphatic carbocycles. The molecule has 0 radical (unpaired) electrons. The van der Waals surface area contributed by atoms with Crippen LogP contribution in [0.3, 0.4) is 0 Å². The molecule has 1 fully saturated rings. The maximum absolute atomic E-state index is 12.9. The van der Waals surface area contributed by atoms with Crippen molar-refractivity contribution in [2.75, 3.05) is 17.2 Å². The molecule has 0 spiro atoms. The van der Waals surface area contributed by atoms with E-state index < -0.39 is 6.36 Å². The molecule has 47 heavy (non-hydrogen) atoms. The Morgan fingerprint density at radius 2 is 1.85 bits per heavy atom. The largest absolute Gasteiger partial charge is 0.573 e. The van der Waals surface area contributed by atoms with Crippen LogP contribution < -0.4 is 15.0 Å². The van der Waals surface area contributed by atoms with E-state index in [9.17, 15) is 18.0 Å². The molecule has 8 nitrogen and oxygen atoms in total. The van der Waals surface area contributed by atoms with Crippen molar-refractivity contribution in [3.05, 3.63) is 89.7 Å². The Balaban J connectivity index is 1.11. The number of rotatable bonds is 11. The zero-order valence-corrected chi connectivity index (χ0v) is 27.6. The molecule has 12 heteroatoms. The first-order chi connectivity index (χ1) is 22.6. The zero-order valence-electron chi connectivity index (χ0n) is 26.8. The van der Waals surface area contributed by atoms with Crippen molar-refractivity contribution in [1.82, 2.24) is 20.1 Å². The van der Waals surface area contributed by atoms with Crippen molar-refractivity contribution in [2.45, 2.75) is 71.7 Å². The van der Waals surface area contributed by atoms with E-state index in [-0.39, 0.29) is 17.8 Å². The third kappa shape index (κ3) is 9.60. The summed E-state index contributed by atoms with van der Waals surface area (Å²) >= 11 is 1.64. The third-order valence-electron chi connectivity index (χ3n) is 7.75. The molecule has 1 aromatic heterocycles. The number of benzene rings is 3. The van der Waals surface area contributed by atoms with Crippen LogP contribution in [0.15, 0.2) is 78.0 Å². The van der Waals surface area contributed by atoms with Crippen LogP contribution in [0.25, 0.3) is 17.1 Å². The molecule has 1 unspecified atom stereocenters. The highest BCUT2D eigenvalue weighted by molar-refractivity contribution is 8.14. The highest BCUT2D eigenvalue weighted by Crippen LogP contribution is 2.30. The average Bonchev–Trinajstić information content (AvgIpc) is 3.53. The third-order valence-corrected chi connectivity index (χ3v) is 8.81. The second-order valence-electron chi connectivity index (χ2n) is 11.6. The van der Waals surface area contributed by atoms with E-state index in [1.807, 2.05) is 31.2 Å². The first-order valence-electron chi connectivity index (χ1n) is 15.8. The number of anilines is 1. The molecular weight excluding hydrogens is 625 g/mol. The first kappa shape index (κ1) is 34.0. The van der Waals surface area contributed by atoms with Gasteiger partial charge in [0, 0.05) is 29.6 Å². The lowest BCUT2D eigenvalue weighted by atomic mass is 10.0. The molecule has 1 aliphatic heterocycles. The summed E-state index contributed by atoms with van der Waals surface area (Å²) in [6.07, 6.45) is 2.42. The summed E-state index contributed by atoms with van der Waals surface area (Å²) in [7, 11) is 0. The SMILES string of the molecule is CCCc1ccc(C)cc1N1CCCS/C1=N\C(=O)NC(C)CCCc1ccc(-c2ncn(-c3ccc(OC(F)(F)F)cc3)n2)cc1. The minimum atomic E-state index is -4.74. The summed E-state index contributed by atoms with van der Waals surface area (Å²) in [5.74, 6) is 1.15. The standard InChI is InChI=1S/C35H39F3N6O2S/c1-4-7-27-13-10-24(2)22-31(27)43-20-6-21-47-34(43)41-33(45)40-25(3)8-5-9-26-11-14-28(15-12-26)32-39-23-44(42-32)29-16-18-30(19-17-29)46-35(36,37)38/h10-19,22-23,25H,4-9,20-21H2,1-3H3,(H,40,45)/b41-34-. The average molecular weight is 665 g/mol. The predicted octanol–water partition coefficient (Wildman–Crippen LogP) is 8.51. The van der Waals surface area contributed by atoms with E-state index in [1.165, 1.54) is 46.4 Å². The van der Waals surface area contributed by atoms with Crippen LogP contribution in [0.1, 0.15) is 56.2 Å². The number of carbonyl (C=O) groups excluding carboxylic acids is 1. The highest BCUT2D eigenvalue weighted by Gasteiger charge is 2.31. The van der Waals surface area contributed by atoms with Gasteiger partial charge in [0.2, 0.25) is 0 Å². The number of nitrogens with zero attached hydrogens (tertiary/aromatic N) is 5. The summed E-state index contributed by atoms with van der Waals surface area (Å²) in [4.78, 5) is 24.0. The maximum Gasteiger partial charge on any atom is 0.573 e. The van der Waals surface area contributed by atoms with Crippen LogP contribution in [-0.2, 0) is 12.8 Å². The smallest absolute Gasteiger partial charge is 0.406 e. The lowest BCUT2D eigenvalue weighted by Crippen LogP contribution is -2.37. The van der Waals surface area contributed by atoms with Crippen LogP contribution in [0.5, 0.6) is 5.75 Å². The van der Waals surface area contributed by atoms with Crippen LogP contribution >= 0.6 is 11.8 Å². The van der Waals surface area contributed by atoms with Gasteiger partial charge in [-0.15, -0.1) is 18.3 Å². The van der Waals surface area contributed by atoms with Gasteiger partial charge >= 0.3 is 12.4 Å². The van der Waals surface area contributed by atoms with Gasteiger partial charge in [-0.25, -0.2) is 14.5 Å². The second-order valence-corrected chi connectivity index (χ2v) is 12.7. The van der Waals surface area contributed by atoms with Gasteiger partial charge in [-0.3, -0.25) is 0 Å². The molecule has 1 aliphatic rings. The molecule has 1 atom stereocenters. The highest BCUT2D eigenvalue weighted by atomic mass is 32.2. The zero-order chi connectivity index (χ0) is 33.4. The van der Waals surface area contributed by atoms with Crippen molar-refractivity contribution in [2.24, 2.45) is 4.99 Å². The molecule has 2 amide bonds. The Morgan fingerprint density at radius 1 is 1.09 bits per heavy atom. The number of hydrogen-bond donors (Lipinski definition) is 1. The van der Waals surface area contributed by atoms with E-state index in [2.05, 4.69) is 62.1 Å². The Hall–Kier alpha value is -4.32. The van der Waals surface area contributed by atoms with Crippen LogP contribution in [0.2, 0.25) is 0 Å². The number of amides is 2. The Kier molecular flexibility index (Phi) is 11.2. The summed E-state index contributed by atoms with van der Waals surface area (Å²) in [5.41, 5.74) is 6.18. The molecule has 1 saturated heterocycles. The number of aryl methyl sites for hydroxylation is 3. The summed E-state index contributed by atoms with van der Waals surface area (Å²) in [6.45, 7) is 7.13. The molecule has 3 aromatic carbocycles. The molecule has 5 rings (SSSR count). The fraction of sp³-hybridized carbons (Fsp3) is 0.371. The maximum atomic E-state index is 12.9. The number of nitrogens with one attached hydrogen (secondary N) is 1. The fourth-order valence-electron chi connectivity index (χ4n) is 5.44. The van der Waals surface area contributed by atoms with Crippen molar-refractivity contribution in [1.29, 1.82) is 0 Å². The first-order valence-corrected chi connectivity index (χ1v) is 16.8. The Bertz CT molecular complexity index is 1670. The van der Waals surface area contributed by atoms with Crippen LogP contribution in [-0.4, -0.2) is 50.7 Å². The lowest BCUT2D eigenvalue weighted by molar-refractivity contribution is -0.274. The number of hydrogen-bond acceptors (Lipinski definition) is 5. The Labute approximate surface area is 277 Å².